The minimum Gasteiger partial charge on any atom is -0.289 e. The predicted octanol–water partition coefficient (Wildman–Crippen LogP) is 8.28. The van der Waals surface area contributed by atoms with Gasteiger partial charge in [0.1, 0.15) is 0 Å². The Kier molecular flexibility index (Phi) is 7.98. The van der Waals surface area contributed by atoms with Crippen LogP contribution in [0.4, 0.5) is 0 Å². The minimum absolute atomic E-state index is 0.166. The molecule has 0 aliphatic carbocycles. The van der Waals surface area contributed by atoms with E-state index in [0.29, 0.717) is 33.4 Å². The third-order valence-corrected chi connectivity index (χ3v) is 7.51. The van der Waals surface area contributed by atoms with E-state index >= 15 is 0 Å². The number of benzene rings is 6. The van der Waals surface area contributed by atoms with E-state index in [1.165, 1.54) is 0 Å². The molecule has 4 heteroatoms. The molecule has 0 unspecified atom stereocenters. The van der Waals surface area contributed by atoms with Crippen molar-refractivity contribution in [2.24, 2.45) is 0 Å². The van der Waals surface area contributed by atoms with Gasteiger partial charge < -0.3 is 0 Å². The Morgan fingerprint density at radius 3 is 0.841 bits per heavy atom. The average Bonchev–Trinajstić information content (AvgIpc) is 3.11. The van der Waals surface area contributed by atoms with E-state index < -0.39 is 0 Å². The molecule has 44 heavy (non-hydrogen) atoms. The van der Waals surface area contributed by atoms with Gasteiger partial charge in [-0.25, -0.2) is 0 Å². The van der Waals surface area contributed by atoms with Crippen molar-refractivity contribution in [3.05, 3.63) is 202 Å². The van der Waals surface area contributed by atoms with Gasteiger partial charge in [0.2, 0.25) is 0 Å². The van der Waals surface area contributed by atoms with Gasteiger partial charge in [-0.15, -0.1) is 0 Å². The second-order valence-electron chi connectivity index (χ2n) is 10.2. The van der Waals surface area contributed by atoms with E-state index in [1.807, 2.05) is 24.3 Å². The van der Waals surface area contributed by atoms with E-state index in [2.05, 4.69) is 0 Å². The first-order chi connectivity index (χ1) is 21.5. The quantitative estimate of drug-likeness (QED) is 0.164. The third-order valence-electron chi connectivity index (χ3n) is 7.51. The molecule has 0 saturated carbocycles. The SMILES string of the molecule is O=C(c1ccccc1)c1cccc(-c2cccc(C(=O)c3ccccc3)c2C(=O)c2ccccc2)c1C(=O)c1ccccc1. The van der Waals surface area contributed by atoms with Crippen LogP contribution in [0, 0.1) is 0 Å². The van der Waals surface area contributed by atoms with Crippen LogP contribution in [0.2, 0.25) is 0 Å². The fourth-order valence-corrected chi connectivity index (χ4v) is 5.38. The predicted molar refractivity (Wildman–Crippen MR) is 171 cm³/mol. The van der Waals surface area contributed by atoms with Crippen LogP contribution in [0.3, 0.4) is 0 Å². The number of rotatable bonds is 9. The lowest BCUT2D eigenvalue weighted by Crippen LogP contribution is -2.16. The van der Waals surface area contributed by atoms with Crippen LogP contribution >= 0.6 is 0 Å². The molecular formula is C40H26O4. The van der Waals surface area contributed by atoms with Crippen LogP contribution in [0.25, 0.3) is 11.1 Å². The molecular weight excluding hydrogens is 544 g/mol. The van der Waals surface area contributed by atoms with Crippen molar-refractivity contribution < 1.29 is 19.2 Å². The minimum atomic E-state index is -0.363. The van der Waals surface area contributed by atoms with Crippen molar-refractivity contribution in [2.45, 2.75) is 0 Å². The molecule has 0 atom stereocenters. The zero-order chi connectivity index (χ0) is 30.5. The molecule has 6 aromatic carbocycles. The summed E-state index contributed by atoms with van der Waals surface area (Å²) in [6, 6.07) is 45.1. The summed E-state index contributed by atoms with van der Waals surface area (Å²) >= 11 is 0. The lowest BCUT2D eigenvalue weighted by Gasteiger charge is -2.18. The van der Waals surface area contributed by atoms with Gasteiger partial charge in [0, 0.05) is 44.5 Å². The molecule has 4 nitrogen and oxygen atoms in total. The Bertz CT molecular complexity index is 1850. The highest BCUT2D eigenvalue weighted by atomic mass is 16.1. The first kappa shape index (κ1) is 28.1. The van der Waals surface area contributed by atoms with Crippen molar-refractivity contribution >= 4 is 23.1 Å². The van der Waals surface area contributed by atoms with Gasteiger partial charge in [-0.1, -0.05) is 158 Å². The molecule has 0 fully saturated rings. The van der Waals surface area contributed by atoms with Gasteiger partial charge in [-0.3, -0.25) is 19.2 Å². The summed E-state index contributed by atoms with van der Waals surface area (Å²) < 4.78 is 0. The maximum atomic E-state index is 14.3. The molecule has 6 rings (SSSR count). The van der Waals surface area contributed by atoms with Crippen LogP contribution in [-0.4, -0.2) is 23.1 Å². The van der Waals surface area contributed by atoms with Crippen LogP contribution in [-0.2, 0) is 0 Å². The molecule has 0 saturated heterocycles. The third kappa shape index (κ3) is 5.44. The summed E-state index contributed by atoms with van der Waals surface area (Å²) in [5.41, 5.74) is 3.19. The zero-order valence-electron chi connectivity index (χ0n) is 23.6. The summed E-state index contributed by atoms with van der Waals surface area (Å²) in [6.07, 6.45) is 0. The van der Waals surface area contributed by atoms with E-state index in [1.54, 1.807) is 133 Å². The van der Waals surface area contributed by atoms with Gasteiger partial charge in [-0.2, -0.15) is 0 Å². The summed E-state index contributed by atoms with van der Waals surface area (Å²) in [5.74, 6) is -1.37. The molecule has 210 valence electrons. The zero-order valence-corrected chi connectivity index (χ0v) is 23.6. The average molecular weight is 571 g/mol. The number of ketones is 4. The Hall–Kier alpha value is -6.00. The van der Waals surface area contributed by atoms with Crippen LogP contribution in [0.15, 0.2) is 158 Å². The Labute approximate surface area is 255 Å². The normalized spacial score (nSPS) is 10.6. The van der Waals surface area contributed by atoms with Crippen molar-refractivity contribution in [2.75, 3.05) is 0 Å². The van der Waals surface area contributed by atoms with Gasteiger partial charge in [0.25, 0.3) is 0 Å². The fourth-order valence-electron chi connectivity index (χ4n) is 5.38. The summed E-state index contributed by atoms with van der Waals surface area (Å²) in [5, 5.41) is 0. The van der Waals surface area contributed by atoms with E-state index in [4.69, 9.17) is 0 Å². The van der Waals surface area contributed by atoms with E-state index in [9.17, 15) is 19.2 Å². The molecule has 0 amide bonds. The molecule has 0 bridgehead atoms. The molecule has 0 heterocycles. The highest BCUT2D eigenvalue weighted by molar-refractivity contribution is 6.25. The molecule has 0 spiro atoms. The highest BCUT2D eigenvalue weighted by Crippen LogP contribution is 2.35. The van der Waals surface area contributed by atoms with E-state index in [-0.39, 0.29) is 45.4 Å². The lowest BCUT2D eigenvalue weighted by atomic mass is 9.82. The summed E-state index contributed by atoms with van der Waals surface area (Å²) in [7, 11) is 0. The van der Waals surface area contributed by atoms with Gasteiger partial charge in [-0.05, 0) is 11.1 Å². The van der Waals surface area contributed by atoms with Crippen molar-refractivity contribution in [3.63, 3.8) is 0 Å². The van der Waals surface area contributed by atoms with Gasteiger partial charge in [0.15, 0.2) is 23.1 Å². The molecule has 6 aromatic rings. The molecule has 0 N–H and O–H groups in total. The number of hydrogen-bond donors (Lipinski definition) is 0. The van der Waals surface area contributed by atoms with Crippen LogP contribution < -0.4 is 0 Å². The van der Waals surface area contributed by atoms with Gasteiger partial charge >= 0.3 is 0 Å². The molecule has 0 aliphatic heterocycles. The Balaban J connectivity index is 1.65. The fraction of sp³-hybridized carbons (Fsp3) is 0. The lowest BCUT2D eigenvalue weighted by molar-refractivity contribution is 0.100. The van der Waals surface area contributed by atoms with Crippen LogP contribution in [0.5, 0.6) is 0 Å². The van der Waals surface area contributed by atoms with Crippen LogP contribution in [0.1, 0.15) is 63.7 Å². The monoisotopic (exact) mass is 570 g/mol. The van der Waals surface area contributed by atoms with Gasteiger partial charge in [0.05, 0.1) is 0 Å². The largest absolute Gasteiger partial charge is 0.289 e. The standard InChI is InChI=1S/C40H26O4/c41-37(27-15-5-1-6-16-27)33-25-13-23-31(35(33)39(43)29-19-9-3-10-20-29)32-24-14-26-34(38(42)28-17-7-2-8-18-28)36(32)40(44)30-21-11-4-12-22-30/h1-26H. The number of hydrogen-bond acceptors (Lipinski definition) is 4. The second-order valence-corrected chi connectivity index (χ2v) is 10.2. The Morgan fingerprint density at radius 1 is 0.273 bits per heavy atom. The van der Waals surface area contributed by atoms with Crippen molar-refractivity contribution in [1.29, 1.82) is 0 Å². The molecule has 0 aliphatic rings. The number of carbonyl (C=O) groups excluding carboxylic acids is 4. The number of carbonyl (C=O) groups is 4. The maximum absolute atomic E-state index is 14.3. The summed E-state index contributed by atoms with van der Waals surface area (Å²) in [4.78, 5) is 56.4. The summed E-state index contributed by atoms with van der Waals surface area (Å²) in [6.45, 7) is 0. The maximum Gasteiger partial charge on any atom is 0.194 e. The smallest absolute Gasteiger partial charge is 0.194 e. The topological polar surface area (TPSA) is 68.3 Å². The van der Waals surface area contributed by atoms with E-state index in [0.717, 1.165) is 0 Å². The first-order valence-electron chi connectivity index (χ1n) is 14.2. The second kappa shape index (κ2) is 12.5. The molecule has 0 radical (unpaired) electrons. The first-order valence-corrected chi connectivity index (χ1v) is 14.2. The van der Waals surface area contributed by atoms with Crippen molar-refractivity contribution in [3.8, 4) is 11.1 Å². The highest BCUT2D eigenvalue weighted by Gasteiger charge is 2.28. The van der Waals surface area contributed by atoms with Crippen molar-refractivity contribution in [1.82, 2.24) is 0 Å². The Morgan fingerprint density at radius 2 is 0.545 bits per heavy atom. The molecule has 0 aromatic heterocycles.